The van der Waals surface area contributed by atoms with Crippen molar-refractivity contribution in [2.24, 2.45) is 5.73 Å². The van der Waals surface area contributed by atoms with Gasteiger partial charge >= 0.3 is 11.4 Å². The van der Waals surface area contributed by atoms with Crippen molar-refractivity contribution >= 4 is 0 Å². The Kier molecular flexibility index (Phi) is 3.17. The van der Waals surface area contributed by atoms with Gasteiger partial charge in [0.15, 0.2) is 0 Å². The Morgan fingerprint density at radius 2 is 1.94 bits per heavy atom. The zero-order valence-corrected chi connectivity index (χ0v) is 9.78. The summed E-state index contributed by atoms with van der Waals surface area (Å²) < 4.78 is 1.03. The smallest absolute Gasteiger partial charge is 0.320 e. The molecule has 0 fully saturated rings. The van der Waals surface area contributed by atoms with E-state index in [0.29, 0.717) is 11.3 Å². The number of aromatic amines is 2. The Bertz CT molecular complexity index is 712. The third-order valence-electron chi connectivity index (χ3n) is 2.47. The van der Waals surface area contributed by atoms with E-state index in [9.17, 15) is 9.59 Å². The van der Waals surface area contributed by atoms with E-state index in [-0.39, 0.29) is 6.54 Å². The summed E-state index contributed by atoms with van der Waals surface area (Å²) in [4.78, 5) is 23.1. The van der Waals surface area contributed by atoms with E-state index in [1.165, 1.54) is 0 Å². The van der Waals surface area contributed by atoms with Crippen LogP contribution < -0.4 is 17.1 Å². The predicted octanol–water partition coefficient (Wildman–Crippen LogP) is -0.527. The highest BCUT2D eigenvalue weighted by Crippen LogP contribution is 2.12. The number of hydrogen-bond donors (Lipinski definition) is 3. The Morgan fingerprint density at radius 3 is 2.56 bits per heavy atom. The van der Waals surface area contributed by atoms with Crippen molar-refractivity contribution in [3.05, 3.63) is 50.3 Å². The molecule has 0 radical (unpaired) electrons. The van der Waals surface area contributed by atoms with Crippen LogP contribution in [0.15, 0.2) is 27.8 Å². The van der Waals surface area contributed by atoms with Crippen molar-refractivity contribution < 1.29 is 0 Å². The number of aromatic nitrogens is 3. The lowest BCUT2D eigenvalue weighted by Crippen LogP contribution is -2.25. The molecule has 4 N–H and O–H groups in total. The molecule has 2 aromatic rings. The van der Waals surface area contributed by atoms with Crippen molar-refractivity contribution in [3.8, 4) is 17.5 Å². The molecule has 0 amide bonds. The number of rotatable bonds is 1. The van der Waals surface area contributed by atoms with Gasteiger partial charge in [0.2, 0.25) is 0 Å². The number of benzene rings is 1. The highest BCUT2D eigenvalue weighted by atomic mass is 16.2. The molecule has 1 heterocycles. The second kappa shape index (κ2) is 4.77. The quantitative estimate of drug-likeness (QED) is 0.588. The minimum atomic E-state index is -0.507. The second-order valence-corrected chi connectivity index (χ2v) is 3.70. The molecule has 0 bridgehead atoms. The zero-order chi connectivity index (χ0) is 13.1. The monoisotopic (exact) mass is 244 g/mol. The first-order valence-corrected chi connectivity index (χ1v) is 5.33. The van der Waals surface area contributed by atoms with Crippen LogP contribution in [-0.4, -0.2) is 21.3 Å². The van der Waals surface area contributed by atoms with Crippen molar-refractivity contribution in [2.45, 2.75) is 6.92 Å². The normalized spacial score (nSPS) is 9.89. The molecule has 0 spiro atoms. The summed E-state index contributed by atoms with van der Waals surface area (Å²) in [6, 6.07) is 5.30. The lowest BCUT2D eigenvalue weighted by Gasteiger charge is -2.04. The topological polar surface area (TPSA) is 96.7 Å². The molecule has 6 heteroatoms. The maximum absolute atomic E-state index is 11.5. The summed E-state index contributed by atoms with van der Waals surface area (Å²) in [7, 11) is 0. The molecular formula is C12H12N4O2. The summed E-state index contributed by atoms with van der Waals surface area (Å²) in [6.45, 7) is 2.07. The third-order valence-corrected chi connectivity index (χ3v) is 2.47. The molecule has 92 valence electrons. The van der Waals surface area contributed by atoms with Gasteiger partial charge in [-0.05, 0) is 24.6 Å². The first-order chi connectivity index (χ1) is 8.63. The molecule has 0 aliphatic rings. The van der Waals surface area contributed by atoms with E-state index in [4.69, 9.17) is 5.73 Å². The minimum absolute atomic E-state index is 0.258. The molecule has 0 unspecified atom stereocenters. The van der Waals surface area contributed by atoms with Gasteiger partial charge in [0.25, 0.3) is 0 Å². The number of aryl methyl sites for hydroxylation is 1. The van der Waals surface area contributed by atoms with Crippen molar-refractivity contribution in [1.29, 1.82) is 0 Å². The van der Waals surface area contributed by atoms with Crippen LogP contribution in [0.5, 0.6) is 0 Å². The molecule has 0 aliphatic heterocycles. The SMILES string of the molecule is Cc1ccc(C#CCN)cc1-n1c(=O)[nH][nH]c1=O. The van der Waals surface area contributed by atoms with E-state index in [0.717, 1.165) is 10.1 Å². The van der Waals surface area contributed by atoms with Crippen LogP contribution in [0, 0.1) is 18.8 Å². The van der Waals surface area contributed by atoms with Crippen LogP contribution in [-0.2, 0) is 0 Å². The van der Waals surface area contributed by atoms with E-state index in [1.807, 2.05) is 13.0 Å². The van der Waals surface area contributed by atoms with Gasteiger partial charge in [-0.1, -0.05) is 17.9 Å². The summed E-state index contributed by atoms with van der Waals surface area (Å²) in [5.74, 6) is 5.58. The number of nitrogens with two attached hydrogens (primary N) is 1. The van der Waals surface area contributed by atoms with Crippen molar-refractivity contribution in [3.63, 3.8) is 0 Å². The maximum atomic E-state index is 11.5. The highest BCUT2D eigenvalue weighted by molar-refractivity contribution is 5.48. The van der Waals surface area contributed by atoms with Gasteiger partial charge in [-0.15, -0.1) is 0 Å². The van der Waals surface area contributed by atoms with E-state index < -0.39 is 11.4 Å². The summed E-state index contributed by atoms with van der Waals surface area (Å²) in [5.41, 5.74) is 6.30. The largest absolute Gasteiger partial charge is 0.348 e. The van der Waals surface area contributed by atoms with Crippen LogP contribution in [0.3, 0.4) is 0 Å². The summed E-state index contributed by atoms with van der Waals surface area (Å²) in [6.07, 6.45) is 0. The Labute approximate surface area is 102 Å². The molecule has 2 rings (SSSR count). The van der Waals surface area contributed by atoms with E-state index in [1.54, 1.807) is 12.1 Å². The molecule has 0 saturated carbocycles. The first kappa shape index (κ1) is 12.0. The average Bonchev–Trinajstić information content (AvgIpc) is 2.68. The van der Waals surface area contributed by atoms with Crippen molar-refractivity contribution in [1.82, 2.24) is 14.8 Å². The standard InChI is InChI=1S/C12H12N4O2/c1-8-4-5-9(3-2-6-13)7-10(8)16-11(17)14-15-12(16)18/h4-5,7H,6,13H2,1H3,(H,14,17)(H,15,18). The molecule has 1 aromatic carbocycles. The minimum Gasteiger partial charge on any atom is -0.320 e. The molecule has 6 nitrogen and oxygen atoms in total. The van der Waals surface area contributed by atoms with Crippen LogP contribution in [0.2, 0.25) is 0 Å². The van der Waals surface area contributed by atoms with Gasteiger partial charge < -0.3 is 5.73 Å². The third kappa shape index (κ3) is 2.12. The molecule has 0 saturated heterocycles. The van der Waals surface area contributed by atoms with Crippen LogP contribution in [0.25, 0.3) is 5.69 Å². The van der Waals surface area contributed by atoms with Crippen molar-refractivity contribution in [2.75, 3.05) is 6.54 Å². The number of nitrogens with zero attached hydrogens (tertiary/aromatic N) is 1. The fourth-order valence-corrected chi connectivity index (χ4v) is 1.61. The predicted molar refractivity (Wildman–Crippen MR) is 67.7 cm³/mol. The van der Waals surface area contributed by atoms with Gasteiger partial charge in [-0.2, -0.15) is 0 Å². The van der Waals surface area contributed by atoms with E-state index >= 15 is 0 Å². The highest BCUT2D eigenvalue weighted by Gasteiger charge is 2.08. The lowest BCUT2D eigenvalue weighted by atomic mass is 10.1. The van der Waals surface area contributed by atoms with E-state index in [2.05, 4.69) is 22.0 Å². The molecule has 1 aromatic heterocycles. The van der Waals surface area contributed by atoms with Gasteiger partial charge in [0.05, 0.1) is 12.2 Å². The Balaban J connectivity index is 2.64. The van der Waals surface area contributed by atoms with Crippen LogP contribution in [0.4, 0.5) is 0 Å². The molecule has 18 heavy (non-hydrogen) atoms. The summed E-state index contributed by atoms with van der Waals surface area (Å²) >= 11 is 0. The van der Waals surface area contributed by atoms with Crippen LogP contribution in [0.1, 0.15) is 11.1 Å². The first-order valence-electron chi connectivity index (χ1n) is 5.33. The van der Waals surface area contributed by atoms with Gasteiger partial charge in [-0.3, -0.25) is 0 Å². The van der Waals surface area contributed by atoms with Gasteiger partial charge in [0.1, 0.15) is 0 Å². The van der Waals surface area contributed by atoms with Crippen LogP contribution >= 0.6 is 0 Å². The molecular weight excluding hydrogens is 232 g/mol. The fourth-order valence-electron chi connectivity index (χ4n) is 1.61. The maximum Gasteiger partial charge on any atom is 0.348 e. The number of nitrogens with one attached hydrogen (secondary N) is 2. The van der Waals surface area contributed by atoms with Gasteiger partial charge in [0, 0.05) is 5.56 Å². The average molecular weight is 244 g/mol. The zero-order valence-electron chi connectivity index (χ0n) is 9.78. The lowest BCUT2D eigenvalue weighted by molar-refractivity contribution is 0.940. The molecule has 0 aliphatic carbocycles. The summed E-state index contributed by atoms with van der Waals surface area (Å²) in [5, 5.41) is 4.48. The molecule has 0 atom stereocenters. The number of hydrogen-bond acceptors (Lipinski definition) is 3. The fraction of sp³-hybridized carbons (Fsp3) is 0.167. The Morgan fingerprint density at radius 1 is 1.28 bits per heavy atom. The second-order valence-electron chi connectivity index (χ2n) is 3.70. The van der Waals surface area contributed by atoms with Gasteiger partial charge in [-0.25, -0.2) is 24.4 Å². The Hall–Kier alpha value is -2.52. The number of H-pyrrole nitrogens is 2.